The van der Waals surface area contributed by atoms with Gasteiger partial charge in [-0.1, -0.05) is 158 Å². The van der Waals surface area contributed by atoms with Crippen LogP contribution >= 0.6 is 0 Å². The second-order valence-electron chi connectivity index (χ2n) is 18.1. The van der Waals surface area contributed by atoms with Gasteiger partial charge in [0.15, 0.2) is 0 Å². The standard InChI is InChI=1S/C64H39N5/c1-2-20-43(21-3-1)67-57-32-13-8-26-49(57)61-50(27-16-34-59(61)67)63-62(65-53-28-9-10-29-54(53)66-63)42-19-14-22-44(37-42)68-55-30-11-7-25-47(55)52-39-51-41(38-60(52)68)18-15-33-58(51)69-56-31-12-6-24-46(56)48-36-35-40-17-4-5-23-45(40)64(48)69/h1-39H. The Kier molecular flexibility index (Phi) is 8.00. The Labute approximate surface area is 396 Å². The molecule has 5 heteroatoms. The van der Waals surface area contributed by atoms with E-state index in [1.54, 1.807) is 0 Å². The second-order valence-corrected chi connectivity index (χ2v) is 18.1. The minimum Gasteiger partial charge on any atom is -0.309 e. The van der Waals surface area contributed by atoms with E-state index in [0.29, 0.717) is 0 Å². The van der Waals surface area contributed by atoms with Crippen molar-refractivity contribution in [2.45, 2.75) is 0 Å². The van der Waals surface area contributed by atoms with E-state index in [1.165, 1.54) is 65.2 Å². The third-order valence-corrected chi connectivity index (χ3v) is 14.4. The Morgan fingerprint density at radius 1 is 0.290 bits per heavy atom. The molecule has 0 bridgehead atoms. The summed E-state index contributed by atoms with van der Waals surface area (Å²) in [6.07, 6.45) is 0. The zero-order valence-corrected chi connectivity index (χ0v) is 37.3. The van der Waals surface area contributed by atoms with Crippen LogP contribution in [0.4, 0.5) is 0 Å². The Morgan fingerprint density at radius 3 is 1.68 bits per heavy atom. The topological polar surface area (TPSA) is 40.6 Å². The lowest BCUT2D eigenvalue weighted by Crippen LogP contribution is -1.99. The molecule has 0 aliphatic heterocycles. The number of aromatic nitrogens is 5. The molecule has 0 N–H and O–H groups in total. The van der Waals surface area contributed by atoms with Crippen LogP contribution in [0.2, 0.25) is 0 Å². The minimum absolute atomic E-state index is 0.842. The molecule has 0 saturated carbocycles. The minimum atomic E-state index is 0.842. The zero-order chi connectivity index (χ0) is 45.2. The molecular formula is C64H39N5. The molecule has 4 heterocycles. The molecule has 0 amide bonds. The van der Waals surface area contributed by atoms with Crippen LogP contribution in [-0.2, 0) is 0 Å². The highest BCUT2D eigenvalue weighted by molar-refractivity contribution is 6.21. The first-order chi connectivity index (χ1) is 34.2. The van der Waals surface area contributed by atoms with Gasteiger partial charge in [-0.25, -0.2) is 9.97 Å². The Bertz CT molecular complexity index is 4610. The van der Waals surface area contributed by atoms with Crippen LogP contribution in [0.25, 0.3) is 138 Å². The molecule has 4 aromatic heterocycles. The monoisotopic (exact) mass is 877 g/mol. The Hall–Kier alpha value is -9.32. The van der Waals surface area contributed by atoms with Crippen LogP contribution in [0.5, 0.6) is 0 Å². The predicted molar refractivity (Wildman–Crippen MR) is 288 cm³/mol. The van der Waals surface area contributed by atoms with Crippen LogP contribution < -0.4 is 0 Å². The highest BCUT2D eigenvalue weighted by atomic mass is 15.0. The number of benzene rings is 11. The fourth-order valence-electron chi connectivity index (χ4n) is 11.4. The van der Waals surface area contributed by atoms with Gasteiger partial charge in [0, 0.05) is 65.6 Å². The summed E-state index contributed by atoms with van der Waals surface area (Å²) in [5, 5.41) is 12.1. The second kappa shape index (κ2) is 14.6. The average molecular weight is 878 g/mol. The maximum absolute atomic E-state index is 5.49. The largest absolute Gasteiger partial charge is 0.309 e. The number of rotatable bonds is 5. The van der Waals surface area contributed by atoms with Crippen molar-refractivity contribution in [2.75, 3.05) is 0 Å². The highest BCUT2D eigenvalue weighted by Crippen LogP contribution is 2.44. The number of para-hydroxylation sites is 6. The van der Waals surface area contributed by atoms with Crippen molar-refractivity contribution in [3.8, 4) is 39.6 Å². The van der Waals surface area contributed by atoms with Crippen molar-refractivity contribution < 1.29 is 0 Å². The summed E-state index contributed by atoms with van der Waals surface area (Å²) in [5.74, 6) is 0. The molecule has 0 aliphatic rings. The van der Waals surface area contributed by atoms with E-state index in [0.717, 1.165) is 72.4 Å². The van der Waals surface area contributed by atoms with Crippen LogP contribution in [-0.4, -0.2) is 23.7 Å². The van der Waals surface area contributed by atoms with Crippen molar-refractivity contribution in [1.82, 2.24) is 23.7 Å². The van der Waals surface area contributed by atoms with E-state index in [1.807, 2.05) is 12.1 Å². The summed E-state index contributed by atoms with van der Waals surface area (Å²) < 4.78 is 7.28. The van der Waals surface area contributed by atoms with Crippen molar-refractivity contribution >= 4 is 98.0 Å². The number of nitrogens with zero attached hydrogens (tertiary/aromatic N) is 5. The first-order valence-corrected chi connectivity index (χ1v) is 23.6. The van der Waals surface area contributed by atoms with E-state index in [2.05, 4.69) is 238 Å². The molecular weight excluding hydrogens is 839 g/mol. The van der Waals surface area contributed by atoms with Crippen LogP contribution in [0, 0.1) is 0 Å². The van der Waals surface area contributed by atoms with E-state index >= 15 is 0 Å². The van der Waals surface area contributed by atoms with Gasteiger partial charge >= 0.3 is 0 Å². The van der Waals surface area contributed by atoms with Gasteiger partial charge < -0.3 is 13.7 Å². The summed E-state index contributed by atoms with van der Waals surface area (Å²) in [6.45, 7) is 0. The van der Waals surface area contributed by atoms with E-state index in [9.17, 15) is 0 Å². The van der Waals surface area contributed by atoms with Crippen molar-refractivity contribution in [2.24, 2.45) is 0 Å². The summed E-state index contributed by atoms with van der Waals surface area (Å²) in [6, 6.07) is 85.5. The molecule has 0 aliphatic carbocycles. The number of hydrogen-bond acceptors (Lipinski definition) is 2. The summed E-state index contributed by atoms with van der Waals surface area (Å²) in [5.41, 5.74) is 15.8. The Morgan fingerprint density at radius 2 is 0.870 bits per heavy atom. The van der Waals surface area contributed by atoms with Gasteiger partial charge in [-0.15, -0.1) is 0 Å². The molecule has 15 rings (SSSR count). The molecule has 0 atom stereocenters. The lowest BCUT2D eigenvalue weighted by atomic mass is 9.98. The van der Waals surface area contributed by atoms with Gasteiger partial charge in [-0.05, 0) is 89.6 Å². The predicted octanol–water partition coefficient (Wildman–Crippen LogP) is 16.6. The molecule has 0 spiro atoms. The van der Waals surface area contributed by atoms with E-state index in [4.69, 9.17) is 9.97 Å². The zero-order valence-electron chi connectivity index (χ0n) is 37.3. The third kappa shape index (κ3) is 5.53. The first-order valence-electron chi connectivity index (χ1n) is 23.6. The maximum atomic E-state index is 5.49. The first kappa shape index (κ1) is 37.9. The van der Waals surface area contributed by atoms with Crippen molar-refractivity contribution in [3.63, 3.8) is 0 Å². The maximum Gasteiger partial charge on any atom is 0.0980 e. The fourth-order valence-corrected chi connectivity index (χ4v) is 11.4. The highest BCUT2D eigenvalue weighted by Gasteiger charge is 2.23. The number of hydrogen-bond donors (Lipinski definition) is 0. The molecule has 15 aromatic rings. The SMILES string of the molecule is c1ccc(-n2c3ccccc3c3c(-c4nc5ccccc5nc4-c4cccc(-n5c6ccccc6c6cc7c(-n8c9ccccc9c9ccc%10ccccc%10c98)cccc7cc65)c4)cccc32)cc1. The van der Waals surface area contributed by atoms with E-state index < -0.39 is 0 Å². The molecule has 69 heavy (non-hydrogen) atoms. The van der Waals surface area contributed by atoms with Gasteiger partial charge in [0.1, 0.15) is 0 Å². The van der Waals surface area contributed by atoms with Gasteiger partial charge in [0.2, 0.25) is 0 Å². The number of fused-ring (bicyclic) bond motifs is 13. The van der Waals surface area contributed by atoms with Crippen LogP contribution in [0.3, 0.4) is 0 Å². The summed E-state index contributed by atoms with van der Waals surface area (Å²) in [7, 11) is 0. The smallest absolute Gasteiger partial charge is 0.0980 e. The summed E-state index contributed by atoms with van der Waals surface area (Å²) in [4.78, 5) is 11.0. The molecule has 320 valence electrons. The quantitative estimate of drug-likeness (QED) is 0.173. The summed E-state index contributed by atoms with van der Waals surface area (Å²) >= 11 is 0. The average Bonchev–Trinajstić information content (AvgIpc) is 4.06. The van der Waals surface area contributed by atoms with Gasteiger partial charge in [-0.3, -0.25) is 0 Å². The van der Waals surface area contributed by atoms with Crippen molar-refractivity contribution in [1.29, 1.82) is 0 Å². The van der Waals surface area contributed by atoms with Crippen molar-refractivity contribution in [3.05, 3.63) is 237 Å². The van der Waals surface area contributed by atoms with Gasteiger partial charge in [0.25, 0.3) is 0 Å². The molecule has 0 fully saturated rings. The molecule has 0 unspecified atom stereocenters. The van der Waals surface area contributed by atoms with Gasteiger partial charge in [0.05, 0.1) is 61.2 Å². The van der Waals surface area contributed by atoms with E-state index in [-0.39, 0.29) is 0 Å². The fraction of sp³-hybridized carbons (Fsp3) is 0. The molecule has 0 saturated heterocycles. The molecule has 11 aromatic carbocycles. The van der Waals surface area contributed by atoms with Crippen LogP contribution in [0.1, 0.15) is 0 Å². The molecule has 0 radical (unpaired) electrons. The molecule has 5 nitrogen and oxygen atoms in total. The third-order valence-electron chi connectivity index (χ3n) is 14.4. The lowest BCUT2D eigenvalue weighted by Gasteiger charge is -2.15. The lowest BCUT2D eigenvalue weighted by molar-refractivity contribution is 1.18. The Balaban J connectivity index is 0.959. The van der Waals surface area contributed by atoms with Crippen LogP contribution in [0.15, 0.2) is 237 Å². The van der Waals surface area contributed by atoms with Gasteiger partial charge in [-0.2, -0.15) is 0 Å². The normalized spacial score (nSPS) is 12.1.